The molecule has 1 N–H and O–H groups in total. The number of amides is 1. The van der Waals surface area contributed by atoms with Crippen molar-refractivity contribution in [3.63, 3.8) is 0 Å². The van der Waals surface area contributed by atoms with Crippen molar-refractivity contribution < 1.29 is 18.0 Å². The lowest BCUT2D eigenvalue weighted by atomic mass is 10.1. The molecule has 1 amide bonds. The van der Waals surface area contributed by atoms with Crippen LogP contribution in [0.15, 0.2) is 36.4 Å². The Morgan fingerprint density at radius 3 is 2.21 bits per heavy atom. The molecule has 1 saturated heterocycles. The summed E-state index contributed by atoms with van der Waals surface area (Å²) < 4.78 is 40.2. The third kappa shape index (κ3) is 3.69. The Bertz CT molecular complexity index is 738. The van der Waals surface area contributed by atoms with E-state index in [2.05, 4.69) is 10.2 Å². The van der Waals surface area contributed by atoms with Gasteiger partial charge in [0.05, 0.1) is 11.4 Å². The van der Waals surface area contributed by atoms with Crippen LogP contribution in [0.3, 0.4) is 0 Å². The lowest BCUT2D eigenvalue weighted by Crippen LogP contribution is -2.30. The molecule has 0 spiro atoms. The maximum atomic E-state index is 13.6. The van der Waals surface area contributed by atoms with Gasteiger partial charge in [-0.3, -0.25) is 4.79 Å². The van der Waals surface area contributed by atoms with Crippen LogP contribution in [0.2, 0.25) is 0 Å². The number of anilines is 2. The molecule has 0 saturated carbocycles. The van der Waals surface area contributed by atoms with Crippen LogP contribution in [-0.2, 0) is 0 Å². The highest BCUT2D eigenvalue weighted by Gasteiger charge is 2.17. The molecule has 0 unspecified atom stereocenters. The summed E-state index contributed by atoms with van der Waals surface area (Å²) in [5.74, 6) is -2.85. The van der Waals surface area contributed by atoms with E-state index in [4.69, 9.17) is 0 Å². The molecule has 24 heavy (non-hydrogen) atoms. The van der Waals surface area contributed by atoms with Gasteiger partial charge in [0.15, 0.2) is 0 Å². The van der Waals surface area contributed by atoms with E-state index in [0.29, 0.717) is 17.4 Å². The minimum atomic E-state index is -0.837. The van der Waals surface area contributed by atoms with E-state index in [-0.39, 0.29) is 5.56 Å². The Morgan fingerprint density at radius 1 is 0.875 bits per heavy atom. The van der Waals surface area contributed by atoms with Gasteiger partial charge < -0.3 is 10.2 Å². The Morgan fingerprint density at radius 2 is 1.54 bits per heavy atom. The van der Waals surface area contributed by atoms with Crippen molar-refractivity contribution in [2.75, 3.05) is 23.3 Å². The summed E-state index contributed by atoms with van der Waals surface area (Å²) in [6.45, 7) is 1.65. The van der Waals surface area contributed by atoms with Crippen molar-refractivity contribution in [1.82, 2.24) is 0 Å². The average molecular weight is 334 g/mol. The Labute approximate surface area is 138 Å². The molecule has 3 nitrogen and oxygen atoms in total. The van der Waals surface area contributed by atoms with Crippen molar-refractivity contribution in [1.29, 1.82) is 0 Å². The average Bonchev–Trinajstić information content (AvgIpc) is 2.55. The molecule has 0 atom stereocenters. The molecule has 1 aliphatic rings. The lowest BCUT2D eigenvalue weighted by molar-refractivity contribution is 0.102. The minimum Gasteiger partial charge on any atom is -0.370 e. The molecule has 0 radical (unpaired) electrons. The normalized spacial score (nSPS) is 14.5. The second kappa shape index (κ2) is 6.95. The van der Waals surface area contributed by atoms with Gasteiger partial charge in [0, 0.05) is 24.7 Å². The van der Waals surface area contributed by atoms with Crippen molar-refractivity contribution in [2.45, 2.75) is 19.3 Å². The molecule has 0 bridgehead atoms. The number of nitrogens with zero attached hydrogens (tertiary/aromatic N) is 1. The number of carbonyl (C=O) groups is 1. The predicted octanol–water partition coefficient (Wildman–Crippen LogP) is 4.35. The smallest absolute Gasteiger partial charge is 0.255 e. The molecular formula is C18H17F3N2O. The van der Waals surface area contributed by atoms with Crippen molar-refractivity contribution in [3.8, 4) is 0 Å². The van der Waals surface area contributed by atoms with Crippen molar-refractivity contribution in [2.24, 2.45) is 0 Å². The first kappa shape index (κ1) is 16.4. The number of rotatable bonds is 3. The zero-order valence-corrected chi connectivity index (χ0v) is 13.0. The molecule has 126 valence electrons. The summed E-state index contributed by atoms with van der Waals surface area (Å²) in [7, 11) is 0. The zero-order chi connectivity index (χ0) is 17.1. The topological polar surface area (TPSA) is 32.3 Å². The van der Waals surface area contributed by atoms with Crippen LogP contribution >= 0.6 is 0 Å². The highest BCUT2D eigenvalue weighted by atomic mass is 19.1. The number of hydrogen-bond acceptors (Lipinski definition) is 2. The summed E-state index contributed by atoms with van der Waals surface area (Å²) in [5, 5.41) is 2.57. The quantitative estimate of drug-likeness (QED) is 0.905. The molecule has 2 aromatic rings. The van der Waals surface area contributed by atoms with E-state index in [1.54, 1.807) is 6.07 Å². The van der Waals surface area contributed by atoms with Gasteiger partial charge in [-0.05, 0) is 49.6 Å². The standard InChI is InChI=1S/C18H17F3N2O/c19-13-4-5-17(23-6-2-1-3-7-23)16(11-13)22-18(24)12-8-14(20)10-15(21)9-12/h4-5,8-11H,1-3,6-7H2,(H,22,24). The van der Waals surface area contributed by atoms with E-state index in [1.807, 2.05) is 0 Å². The monoisotopic (exact) mass is 334 g/mol. The first-order valence-electron chi connectivity index (χ1n) is 7.85. The van der Waals surface area contributed by atoms with E-state index < -0.39 is 23.4 Å². The number of nitrogens with one attached hydrogen (secondary N) is 1. The lowest BCUT2D eigenvalue weighted by Gasteiger charge is -2.30. The first-order chi connectivity index (χ1) is 11.5. The Hall–Kier alpha value is -2.50. The summed E-state index contributed by atoms with van der Waals surface area (Å²) >= 11 is 0. The van der Waals surface area contributed by atoms with E-state index in [1.165, 1.54) is 12.1 Å². The fourth-order valence-electron chi connectivity index (χ4n) is 2.90. The van der Waals surface area contributed by atoms with Gasteiger partial charge in [-0.15, -0.1) is 0 Å². The molecule has 2 aromatic carbocycles. The number of hydrogen-bond donors (Lipinski definition) is 1. The molecule has 1 heterocycles. The largest absolute Gasteiger partial charge is 0.370 e. The fourth-order valence-corrected chi connectivity index (χ4v) is 2.90. The highest BCUT2D eigenvalue weighted by Crippen LogP contribution is 2.29. The van der Waals surface area contributed by atoms with E-state index >= 15 is 0 Å². The molecule has 1 aliphatic heterocycles. The molecule has 0 aliphatic carbocycles. The van der Waals surface area contributed by atoms with Gasteiger partial charge in [0.2, 0.25) is 0 Å². The SMILES string of the molecule is O=C(Nc1cc(F)ccc1N1CCCCC1)c1cc(F)cc(F)c1. The van der Waals surface area contributed by atoms with Gasteiger partial charge >= 0.3 is 0 Å². The first-order valence-corrected chi connectivity index (χ1v) is 7.85. The third-order valence-electron chi connectivity index (χ3n) is 4.03. The predicted molar refractivity (Wildman–Crippen MR) is 86.8 cm³/mol. The van der Waals surface area contributed by atoms with Gasteiger partial charge in [-0.1, -0.05) is 0 Å². The van der Waals surface area contributed by atoms with Gasteiger partial charge in [-0.2, -0.15) is 0 Å². The Balaban J connectivity index is 1.88. The third-order valence-corrected chi connectivity index (χ3v) is 4.03. The maximum Gasteiger partial charge on any atom is 0.255 e. The summed E-state index contributed by atoms with van der Waals surface area (Å²) in [4.78, 5) is 14.4. The van der Waals surface area contributed by atoms with Crippen LogP contribution < -0.4 is 10.2 Å². The van der Waals surface area contributed by atoms with Crippen molar-refractivity contribution >= 4 is 17.3 Å². The zero-order valence-electron chi connectivity index (χ0n) is 13.0. The van der Waals surface area contributed by atoms with Gasteiger partial charge in [0.25, 0.3) is 5.91 Å². The van der Waals surface area contributed by atoms with Crippen LogP contribution in [0, 0.1) is 17.5 Å². The van der Waals surface area contributed by atoms with Gasteiger partial charge in [0.1, 0.15) is 17.5 Å². The maximum absolute atomic E-state index is 13.6. The Kier molecular flexibility index (Phi) is 4.74. The second-order valence-corrected chi connectivity index (χ2v) is 5.82. The van der Waals surface area contributed by atoms with Crippen LogP contribution in [0.5, 0.6) is 0 Å². The number of piperidine rings is 1. The summed E-state index contributed by atoms with van der Waals surface area (Å²) in [6.07, 6.45) is 3.20. The van der Waals surface area contributed by atoms with Crippen LogP contribution in [-0.4, -0.2) is 19.0 Å². The number of benzene rings is 2. The molecule has 1 fully saturated rings. The number of halogens is 3. The van der Waals surface area contributed by atoms with Crippen LogP contribution in [0.25, 0.3) is 0 Å². The highest BCUT2D eigenvalue weighted by molar-refractivity contribution is 6.06. The molecule has 3 rings (SSSR count). The molecule has 6 heteroatoms. The second-order valence-electron chi connectivity index (χ2n) is 5.82. The van der Waals surface area contributed by atoms with Gasteiger partial charge in [-0.25, -0.2) is 13.2 Å². The summed E-state index contributed by atoms with van der Waals surface area (Å²) in [6, 6.07) is 6.75. The molecular weight excluding hydrogens is 317 g/mol. The van der Waals surface area contributed by atoms with E-state index in [0.717, 1.165) is 44.5 Å². The number of carbonyl (C=O) groups excluding carboxylic acids is 1. The van der Waals surface area contributed by atoms with Crippen LogP contribution in [0.4, 0.5) is 24.5 Å². The fraction of sp³-hybridized carbons (Fsp3) is 0.278. The minimum absolute atomic E-state index is 0.152. The van der Waals surface area contributed by atoms with Crippen molar-refractivity contribution in [3.05, 3.63) is 59.4 Å². The van der Waals surface area contributed by atoms with E-state index in [9.17, 15) is 18.0 Å². The molecule has 0 aromatic heterocycles. The van der Waals surface area contributed by atoms with Crippen LogP contribution in [0.1, 0.15) is 29.6 Å². The summed E-state index contributed by atoms with van der Waals surface area (Å²) in [5.41, 5.74) is 0.856.